The van der Waals surface area contributed by atoms with Crippen LogP contribution in [-0.4, -0.2) is 49.2 Å². The van der Waals surface area contributed by atoms with Crippen LogP contribution in [0.15, 0.2) is 96.0 Å². The Labute approximate surface area is 318 Å². The van der Waals surface area contributed by atoms with Crippen LogP contribution < -0.4 is 29.3 Å². The maximum atomic E-state index is 13.9. The zero-order chi connectivity index (χ0) is 38.4. The van der Waals surface area contributed by atoms with Crippen LogP contribution in [0.25, 0.3) is 0 Å². The summed E-state index contributed by atoms with van der Waals surface area (Å²) in [6.07, 6.45) is 3.25. The van der Waals surface area contributed by atoms with Crippen molar-refractivity contribution in [3.63, 3.8) is 0 Å². The van der Waals surface area contributed by atoms with Crippen molar-refractivity contribution >= 4 is 46.5 Å². The molecule has 278 valence electrons. The van der Waals surface area contributed by atoms with E-state index in [1.165, 1.54) is 19.2 Å². The van der Waals surface area contributed by atoms with Crippen LogP contribution in [0.2, 0.25) is 0 Å². The smallest absolute Gasteiger partial charge is 0.270 e. The van der Waals surface area contributed by atoms with E-state index < -0.39 is 4.92 Å². The van der Waals surface area contributed by atoms with Gasteiger partial charge in [-0.05, 0) is 78.4 Å². The normalized spacial score (nSPS) is 16.5. The van der Waals surface area contributed by atoms with Gasteiger partial charge in [0.1, 0.15) is 19.0 Å². The molecule has 1 N–H and O–H groups in total. The Balaban J connectivity index is 1.01. The third kappa shape index (κ3) is 6.49. The Hall–Kier alpha value is -6.69. The number of aryl methyl sites for hydroxylation is 1. The number of nitrogens with one attached hydrogen (secondary N) is 1. The first-order chi connectivity index (χ1) is 26.6. The lowest BCUT2D eigenvalue weighted by molar-refractivity contribution is -0.385. The second-order valence-corrected chi connectivity index (χ2v) is 14.0. The van der Waals surface area contributed by atoms with Crippen molar-refractivity contribution < 1.29 is 28.7 Å². The van der Waals surface area contributed by atoms with Crippen LogP contribution in [0.5, 0.6) is 17.2 Å². The van der Waals surface area contributed by atoms with Gasteiger partial charge in [0.05, 0.1) is 40.6 Å². The minimum absolute atomic E-state index is 0.0187. The maximum absolute atomic E-state index is 13.9. The molecule has 2 atom stereocenters. The highest BCUT2D eigenvalue weighted by molar-refractivity contribution is 6.15. The van der Waals surface area contributed by atoms with Crippen molar-refractivity contribution in [2.24, 2.45) is 4.99 Å². The molecule has 8 rings (SSSR count). The van der Waals surface area contributed by atoms with E-state index in [0.717, 1.165) is 34.5 Å². The van der Waals surface area contributed by atoms with Crippen molar-refractivity contribution in [2.45, 2.75) is 52.0 Å². The average molecular weight is 738 g/mol. The number of hydrogen-bond donors (Lipinski definition) is 1. The molecule has 3 heterocycles. The number of aliphatic imine (C=N–C) groups is 1. The Kier molecular flexibility index (Phi) is 9.17. The highest BCUT2D eigenvalue weighted by Crippen LogP contribution is 2.41. The molecule has 12 heteroatoms. The number of benzene rings is 5. The summed E-state index contributed by atoms with van der Waals surface area (Å²) in [6, 6.07) is 27.2. The fourth-order valence-electron chi connectivity index (χ4n) is 7.76. The molecule has 0 unspecified atom stereocenters. The number of ether oxygens (including phenoxy) is 3. The van der Waals surface area contributed by atoms with Crippen molar-refractivity contribution in [2.75, 3.05) is 29.3 Å². The molecule has 0 spiro atoms. The zero-order valence-electron chi connectivity index (χ0n) is 30.9. The van der Waals surface area contributed by atoms with E-state index >= 15 is 0 Å². The molecule has 0 aromatic heterocycles. The number of nitro benzene ring substituents is 1. The number of anilines is 3. The summed E-state index contributed by atoms with van der Waals surface area (Å²) in [6.45, 7) is 3.92. The molecule has 5 aromatic carbocycles. The largest absolute Gasteiger partial charge is 0.493 e. The molecule has 0 saturated heterocycles. The molecule has 55 heavy (non-hydrogen) atoms. The first kappa shape index (κ1) is 35.3. The summed E-state index contributed by atoms with van der Waals surface area (Å²) in [7, 11) is 3.25. The van der Waals surface area contributed by atoms with Crippen molar-refractivity contribution in [3.8, 4) is 17.2 Å². The Bertz CT molecular complexity index is 2410. The summed E-state index contributed by atoms with van der Waals surface area (Å²) in [5.74, 6) is 0.933. The predicted octanol–water partition coefficient (Wildman–Crippen LogP) is 7.99. The van der Waals surface area contributed by atoms with Crippen LogP contribution >= 0.6 is 0 Å². The number of nitrogens with zero attached hydrogens (tertiary/aromatic N) is 4. The van der Waals surface area contributed by atoms with E-state index in [9.17, 15) is 19.7 Å². The molecule has 0 radical (unpaired) electrons. The lowest BCUT2D eigenvalue weighted by atomic mass is 10.1. The van der Waals surface area contributed by atoms with Gasteiger partial charge in [-0.25, -0.2) is 0 Å². The molecule has 0 saturated carbocycles. The van der Waals surface area contributed by atoms with Crippen molar-refractivity contribution in [3.05, 3.63) is 140 Å². The lowest BCUT2D eigenvalue weighted by Crippen LogP contribution is -2.37. The Morgan fingerprint density at radius 1 is 0.891 bits per heavy atom. The molecule has 5 aromatic rings. The number of amides is 2. The van der Waals surface area contributed by atoms with Gasteiger partial charge in [-0.3, -0.25) is 29.6 Å². The number of carbonyl (C=O) groups excluding carboxylic acids is 2. The average Bonchev–Trinajstić information content (AvgIpc) is 3.70. The van der Waals surface area contributed by atoms with E-state index in [2.05, 4.69) is 16.4 Å². The fraction of sp³-hybridized carbons (Fsp3) is 0.233. The minimum Gasteiger partial charge on any atom is -0.493 e. The third-order valence-electron chi connectivity index (χ3n) is 10.4. The molecule has 3 aliphatic heterocycles. The minimum atomic E-state index is -0.455. The Morgan fingerprint density at radius 3 is 2.25 bits per heavy atom. The summed E-state index contributed by atoms with van der Waals surface area (Å²) in [4.78, 5) is 47.5. The van der Waals surface area contributed by atoms with Gasteiger partial charge in [0, 0.05) is 61.4 Å². The monoisotopic (exact) mass is 737 g/mol. The summed E-state index contributed by atoms with van der Waals surface area (Å²) < 4.78 is 18.1. The molecule has 3 aliphatic rings. The molecule has 2 amide bonds. The summed E-state index contributed by atoms with van der Waals surface area (Å²) in [5, 5.41) is 15.1. The fourth-order valence-corrected chi connectivity index (χ4v) is 7.76. The number of para-hydroxylation sites is 2. The number of nitro groups is 1. The lowest BCUT2D eigenvalue weighted by Gasteiger charge is -2.25. The van der Waals surface area contributed by atoms with Gasteiger partial charge in [-0.1, -0.05) is 36.4 Å². The van der Waals surface area contributed by atoms with E-state index in [-0.39, 0.29) is 42.8 Å². The number of fused-ring (bicyclic) bond motifs is 5. The maximum Gasteiger partial charge on any atom is 0.270 e. The van der Waals surface area contributed by atoms with E-state index in [0.29, 0.717) is 57.3 Å². The SMILES string of the molecule is CNc1cc(OCc2cc(COc3cc4c(cc3OC)C(=O)N3c5ccccc5C[C@H]3C=N4)cc([N+](=O)[O-])c2)c(C)cc1C(=O)N1c2ccccc2C[C@H]1C. The third-order valence-corrected chi connectivity index (χ3v) is 10.4. The molecule has 0 aliphatic carbocycles. The number of rotatable bonds is 10. The van der Waals surface area contributed by atoms with E-state index in [1.807, 2.05) is 67.3 Å². The second kappa shape index (κ2) is 14.3. The Morgan fingerprint density at radius 2 is 1.56 bits per heavy atom. The predicted molar refractivity (Wildman–Crippen MR) is 211 cm³/mol. The quantitative estimate of drug-likeness (QED) is 0.113. The van der Waals surface area contributed by atoms with Gasteiger partial charge in [-0.15, -0.1) is 0 Å². The van der Waals surface area contributed by atoms with E-state index in [4.69, 9.17) is 14.2 Å². The van der Waals surface area contributed by atoms with Crippen LogP contribution in [0.1, 0.15) is 55.5 Å². The van der Waals surface area contributed by atoms with E-state index in [1.54, 1.807) is 42.4 Å². The number of carbonyl (C=O) groups is 2. The van der Waals surface area contributed by atoms with Gasteiger partial charge < -0.3 is 24.4 Å². The number of hydrogen-bond acceptors (Lipinski definition) is 9. The van der Waals surface area contributed by atoms with Crippen LogP contribution in [0, 0.1) is 17.0 Å². The van der Waals surface area contributed by atoms with Crippen molar-refractivity contribution in [1.82, 2.24) is 0 Å². The second-order valence-electron chi connectivity index (χ2n) is 14.0. The first-order valence-electron chi connectivity index (χ1n) is 18.1. The first-order valence-corrected chi connectivity index (χ1v) is 18.1. The van der Waals surface area contributed by atoms with Gasteiger partial charge >= 0.3 is 0 Å². The van der Waals surface area contributed by atoms with Crippen LogP contribution in [-0.2, 0) is 26.1 Å². The van der Waals surface area contributed by atoms with Gasteiger partial charge in [-0.2, -0.15) is 0 Å². The standard InChI is InChI=1S/C43H39N5O7/c1-25-13-33(42(49)46-26(2)14-29-9-5-7-11-37(29)46)35(44-3)20-39(25)54-23-27-15-28(17-31(16-27)48(51)52)24-55-41-21-36-34(19-40(41)53-4)43(50)47-32(22-45-36)18-30-10-6-8-12-38(30)47/h5-13,15-17,19-22,26,32,44H,14,18,23-24H2,1-4H3/t26-,32+/m1/s1. The number of methoxy groups -OCH3 is 1. The molecule has 12 nitrogen and oxygen atoms in total. The van der Waals surface area contributed by atoms with Gasteiger partial charge in [0.2, 0.25) is 0 Å². The van der Waals surface area contributed by atoms with Crippen LogP contribution in [0.3, 0.4) is 0 Å². The molecule has 0 bridgehead atoms. The highest BCUT2D eigenvalue weighted by atomic mass is 16.6. The summed E-state index contributed by atoms with van der Waals surface area (Å²) in [5.41, 5.74) is 7.72. The number of non-ortho nitro benzene ring substituents is 1. The van der Waals surface area contributed by atoms with Gasteiger partial charge in [0.25, 0.3) is 17.5 Å². The van der Waals surface area contributed by atoms with Gasteiger partial charge in [0.15, 0.2) is 11.5 Å². The van der Waals surface area contributed by atoms with Crippen molar-refractivity contribution in [1.29, 1.82) is 0 Å². The highest BCUT2D eigenvalue weighted by Gasteiger charge is 2.37. The zero-order valence-corrected chi connectivity index (χ0v) is 30.9. The molecule has 0 fully saturated rings. The molecular formula is C43H39N5O7. The topological polar surface area (TPSA) is 136 Å². The van der Waals surface area contributed by atoms with Crippen LogP contribution in [0.4, 0.5) is 28.4 Å². The molecular weight excluding hydrogens is 699 g/mol. The summed E-state index contributed by atoms with van der Waals surface area (Å²) >= 11 is 0.